The fourth-order valence-corrected chi connectivity index (χ4v) is 1.65. The van der Waals surface area contributed by atoms with Crippen LogP contribution in [0.25, 0.3) is 0 Å². The molecule has 0 saturated heterocycles. The normalized spacial score (nSPS) is 10.4. The third kappa shape index (κ3) is 5.81. The summed E-state index contributed by atoms with van der Waals surface area (Å²) in [5.74, 6) is -0.521. The molecule has 6 heteroatoms. The molecule has 1 aromatic carbocycles. The minimum atomic E-state index is -0.338. The van der Waals surface area contributed by atoms with Crippen molar-refractivity contribution in [2.45, 2.75) is 13.5 Å². The van der Waals surface area contributed by atoms with Gasteiger partial charge in [0.25, 0.3) is 0 Å². The van der Waals surface area contributed by atoms with E-state index in [-0.39, 0.29) is 25.0 Å². The maximum Gasteiger partial charge on any atom is 0.320 e. The summed E-state index contributed by atoms with van der Waals surface area (Å²) in [5, 5.41) is 2.76. The topological polar surface area (TPSA) is 84.7 Å². The van der Waals surface area contributed by atoms with Crippen LogP contribution >= 0.6 is 0 Å². The second kappa shape index (κ2) is 8.29. The summed E-state index contributed by atoms with van der Waals surface area (Å²) in [6.07, 6.45) is 0. The van der Waals surface area contributed by atoms with Crippen molar-refractivity contribution >= 4 is 17.6 Å². The van der Waals surface area contributed by atoms with Crippen LogP contribution < -0.4 is 11.1 Å². The largest absolute Gasteiger partial charge is 0.465 e. The summed E-state index contributed by atoms with van der Waals surface area (Å²) in [6, 6.07) is 7.31. The van der Waals surface area contributed by atoms with Crippen LogP contribution in [-0.4, -0.2) is 43.5 Å². The summed E-state index contributed by atoms with van der Waals surface area (Å²) in [7, 11) is 1.69. The Morgan fingerprint density at radius 2 is 1.90 bits per heavy atom. The lowest BCUT2D eigenvalue weighted by atomic mass is 10.2. The Morgan fingerprint density at radius 1 is 1.25 bits per heavy atom. The Labute approximate surface area is 118 Å². The van der Waals surface area contributed by atoms with Crippen LogP contribution in [0.2, 0.25) is 0 Å². The number of nitrogens with two attached hydrogens (primary N) is 1. The molecule has 0 radical (unpaired) electrons. The van der Waals surface area contributed by atoms with Crippen LogP contribution in [-0.2, 0) is 20.9 Å². The van der Waals surface area contributed by atoms with E-state index in [9.17, 15) is 9.59 Å². The molecule has 1 aromatic rings. The highest BCUT2D eigenvalue weighted by atomic mass is 16.5. The molecule has 20 heavy (non-hydrogen) atoms. The fourth-order valence-electron chi connectivity index (χ4n) is 1.65. The maximum atomic E-state index is 11.8. The average molecular weight is 279 g/mol. The third-order valence-corrected chi connectivity index (χ3v) is 2.59. The second-order valence-electron chi connectivity index (χ2n) is 4.43. The maximum absolute atomic E-state index is 11.8. The number of benzene rings is 1. The first-order valence-corrected chi connectivity index (χ1v) is 6.48. The summed E-state index contributed by atoms with van der Waals surface area (Å²) in [5.41, 5.74) is 7.21. The van der Waals surface area contributed by atoms with Crippen molar-refractivity contribution in [2.75, 3.05) is 32.1 Å². The lowest BCUT2D eigenvalue weighted by molar-refractivity contribution is -0.144. The van der Waals surface area contributed by atoms with Crippen molar-refractivity contribution in [1.29, 1.82) is 0 Å². The molecule has 0 bridgehead atoms. The third-order valence-electron chi connectivity index (χ3n) is 2.59. The zero-order valence-corrected chi connectivity index (χ0v) is 11.9. The summed E-state index contributed by atoms with van der Waals surface area (Å²) in [4.78, 5) is 24.6. The molecule has 0 aromatic heterocycles. The Hall–Kier alpha value is -1.92. The number of amides is 1. The van der Waals surface area contributed by atoms with Crippen molar-refractivity contribution in [1.82, 2.24) is 4.90 Å². The molecule has 0 atom stereocenters. The molecule has 0 aliphatic carbocycles. The highest BCUT2D eigenvalue weighted by Gasteiger charge is 2.11. The van der Waals surface area contributed by atoms with Crippen LogP contribution in [0.1, 0.15) is 12.5 Å². The van der Waals surface area contributed by atoms with Crippen LogP contribution in [0.4, 0.5) is 5.69 Å². The highest BCUT2D eigenvalue weighted by molar-refractivity contribution is 5.92. The Morgan fingerprint density at radius 3 is 2.45 bits per heavy atom. The predicted molar refractivity (Wildman–Crippen MR) is 77.1 cm³/mol. The molecule has 0 fully saturated rings. The lowest BCUT2D eigenvalue weighted by Crippen LogP contribution is -2.34. The van der Waals surface area contributed by atoms with Crippen molar-refractivity contribution in [2.24, 2.45) is 5.73 Å². The average Bonchev–Trinajstić information content (AvgIpc) is 2.39. The van der Waals surface area contributed by atoms with Gasteiger partial charge < -0.3 is 15.8 Å². The molecule has 1 rings (SSSR count). The monoisotopic (exact) mass is 279 g/mol. The van der Waals surface area contributed by atoms with Gasteiger partial charge in [0.2, 0.25) is 5.91 Å². The molecular weight excluding hydrogens is 258 g/mol. The fraction of sp³-hybridized carbons (Fsp3) is 0.429. The van der Waals surface area contributed by atoms with Crippen LogP contribution in [0.15, 0.2) is 24.3 Å². The van der Waals surface area contributed by atoms with Gasteiger partial charge in [-0.15, -0.1) is 0 Å². The van der Waals surface area contributed by atoms with Gasteiger partial charge in [-0.25, -0.2) is 0 Å². The molecule has 0 heterocycles. The van der Waals surface area contributed by atoms with Gasteiger partial charge in [-0.1, -0.05) is 12.1 Å². The van der Waals surface area contributed by atoms with Gasteiger partial charge in [-0.05, 0) is 31.7 Å². The van der Waals surface area contributed by atoms with E-state index < -0.39 is 0 Å². The number of anilines is 1. The van der Waals surface area contributed by atoms with E-state index in [2.05, 4.69) is 5.32 Å². The number of likely N-dealkylation sites (N-methyl/N-ethyl adjacent to an activating group) is 1. The quantitative estimate of drug-likeness (QED) is 0.713. The zero-order chi connectivity index (χ0) is 15.0. The van der Waals surface area contributed by atoms with Gasteiger partial charge in [0.15, 0.2) is 0 Å². The Kier molecular flexibility index (Phi) is 6.69. The predicted octanol–water partition coefficient (Wildman–Crippen LogP) is 0.579. The molecule has 1 amide bonds. The van der Waals surface area contributed by atoms with Gasteiger partial charge >= 0.3 is 5.97 Å². The number of carbonyl (C=O) groups excluding carboxylic acids is 2. The van der Waals surface area contributed by atoms with E-state index in [1.165, 1.54) is 0 Å². The van der Waals surface area contributed by atoms with E-state index in [0.717, 1.165) is 5.56 Å². The number of hydrogen-bond donors (Lipinski definition) is 2. The van der Waals surface area contributed by atoms with Gasteiger partial charge in [0.05, 0.1) is 19.7 Å². The van der Waals surface area contributed by atoms with E-state index >= 15 is 0 Å². The molecule has 0 spiro atoms. The summed E-state index contributed by atoms with van der Waals surface area (Å²) in [6.45, 7) is 2.77. The zero-order valence-electron chi connectivity index (χ0n) is 11.9. The molecule has 0 aliphatic heterocycles. The number of rotatable bonds is 7. The number of nitrogens with one attached hydrogen (secondary N) is 1. The minimum Gasteiger partial charge on any atom is -0.465 e. The Bertz CT molecular complexity index is 445. The standard InChI is InChI=1S/C14H21N3O3/c1-3-20-14(19)10-17(2)9-13(18)16-12-6-4-11(8-15)5-7-12/h4-7H,3,8-10,15H2,1-2H3,(H,16,18). The molecule has 0 saturated carbocycles. The second-order valence-corrected chi connectivity index (χ2v) is 4.43. The molecule has 0 unspecified atom stereocenters. The van der Waals surface area contributed by atoms with Crippen molar-refractivity contribution < 1.29 is 14.3 Å². The van der Waals surface area contributed by atoms with Gasteiger partial charge in [-0.3, -0.25) is 14.5 Å². The van der Waals surface area contributed by atoms with Crippen molar-refractivity contribution in [3.63, 3.8) is 0 Å². The van der Waals surface area contributed by atoms with Crippen molar-refractivity contribution in [3.8, 4) is 0 Å². The first-order valence-electron chi connectivity index (χ1n) is 6.48. The van der Waals surface area contributed by atoms with E-state index in [1.807, 2.05) is 12.1 Å². The number of ether oxygens (including phenoxy) is 1. The number of hydrogen-bond acceptors (Lipinski definition) is 5. The van der Waals surface area contributed by atoms with Gasteiger partial charge in [0, 0.05) is 12.2 Å². The molecule has 3 N–H and O–H groups in total. The Balaban J connectivity index is 2.40. The number of nitrogens with zero attached hydrogens (tertiary/aromatic N) is 1. The van der Waals surface area contributed by atoms with Crippen LogP contribution in [0.5, 0.6) is 0 Å². The number of esters is 1. The van der Waals surface area contributed by atoms with E-state index in [4.69, 9.17) is 10.5 Å². The smallest absolute Gasteiger partial charge is 0.320 e. The molecular formula is C14H21N3O3. The molecule has 110 valence electrons. The molecule has 0 aliphatic rings. The van der Waals surface area contributed by atoms with E-state index in [0.29, 0.717) is 18.8 Å². The number of carbonyl (C=O) groups is 2. The first-order chi connectivity index (χ1) is 9.55. The minimum absolute atomic E-state index is 0.0906. The highest BCUT2D eigenvalue weighted by Crippen LogP contribution is 2.08. The van der Waals surface area contributed by atoms with Crippen molar-refractivity contribution in [3.05, 3.63) is 29.8 Å². The van der Waals surface area contributed by atoms with Gasteiger partial charge in [-0.2, -0.15) is 0 Å². The van der Waals surface area contributed by atoms with Gasteiger partial charge in [0.1, 0.15) is 0 Å². The lowest BCUT2D eigenvalue weighted by Gasteiger charge is -2.15. The summed E-state index contributed by atoms with van der Waals surface area (Å²) < 4.78 is 4.81. The van der Waals surface area contributed by atoms with Crippen LogP contribution in [0, 0.1) is 0 Å². The molecule has 6 nitrogen and oxygen atoms in total. The SMILES string of the molecule is CCOC(=O)CN(C)CC(=O)Nc1ccc(CN)cc1. The van der Waals surface area contributed by atoms with Crippen LogP contribution in [0.3, 0.4) is 0 Å². The first kappa shape index (κ1) is 16.1. The summed E-state index contributed by atoms with van der Waals surface area (Å²) >= 11 is 0. The van der Waals surface area contributed by atoms with E-state index in [1.54, 1.807) is 31.0 Å².